The molecule has 3 N–H and O–H groups in total. The van der Waals surface area contributed by atoms with Crippen molar-refractivity contribution in [1.82, 2.24) is 10.4 Å². The Kier molecular flexibility index (Phi) is 4.75. The first-order chi connectivity index (χ1) is 8.60. The topological polar surface area (TPSA) is 50.9 Å². The van der Waals surface area contributed by atoms with Gasteiger partial charge >= 0.3 is 0 Å². The van der Waals surface area contributed by atoms with E-state index in [1.807, 2.05) is 30.5 Å². The van der Waals surface area contributed by atoms with Crippen LogP contribution in [0.5, 0.6) is 0 Å². The summed E-state index contributed by atoms with van der Waals surface area (Å²) in [4.78, 5) is 4.45. The summed E-state index contributed by atoms with van der Waals surface area (Å²) in [7, 11) is 0. The van der Waals surface area contributed by atoms with Crippen LogP contribution in [0.3, 0.4) is 0 Å². The predicted molar refractivity (Wildman–Crippen MR) is 79.8 cm³/mol. The van der Waals surface area contributed by atoms with Gasteiger partial charge in [-0.05, 0) is 24.6 Å². The molecule has 0 aliphatic carbocycles. The summed E-state index contributed by atoms with van der Waals surface area (Å²) in [5.74, 6) is 5.64. The van der Waals surface area contributed by atoms with Crippen LogP contribution in [-0.4, -0.2) is 4.98 Å². The summed E-state index contributed by atoms with van der Waals surface area (Å²) in [6.45, 7) is 1.99. The van der Waals surface area contributed by atoms with Crippen LogP contribution >= 0.6 is 38.9 Å². The number of halogens is 2. The number of hydrogen-bond acceptors (Lipinski definition) is 4. The lowest BCUT2D eigenvalue weighted by atomic mass is 10.0. The van der Waals surface area contributed by atoms with E-state index < -0.39 is 0 Å². The van der Waals surface area contributed by atoms with Crippen LogP contribution in [0.25, 0.3) is 0 Å². The Balaban J connectivity index is 2.22. The summed E-state index contributed by atoms with van der Waals surface area (Å²) in [6.07, 6.45) is 0.759. The van der Waals surface area contributed by atoms with Crippen molar-refractivity contribution in [3.05, 3.63) is 49.3 Å². The van der Waals surface area contributed by atoms with Gasteiger partial charge < -0.3 is 0 Å². The summed E-state index contributed by atoms with van der Waals surface area (Å²) in [6, 6.07) is 5.72. The van der Waals surface area contributed by atoms with Crippen LogP contribution in [0.2, 0.25) is 5.02 Å². The van der Waals surface area contributed by atoms with Gasteiger partial charge in [-0.2, -0.15) is 0 Å². The standard InChI is InChI=1S/C12H13BrClN3S/c1-7-6-18-12(16-7)5-11(17-15)9-3-2-8(14)4-10(9)13/h2-4,6,11,17H,5,15H2,1H3. The second-order valence-corrected chi connectivity index (χ2v) is 6.21. The van der Waals surface area contributed by atoms with Crippen LogP contribution in [0.4, 0.5) is 0 Å². The van der Waals surface area contributed by atoms with E-state index in [0.717, 1.165) is 27.2 Å². The average Bonchev–Trinajstić information content (AvgIpc) is 2.72. The maximum absolute atomic E-state index is 5.94. The highest BCUT2D eigenvalue weighted by Gasteiger charge is 2.15. The maximum atomic E-state index is 5.94. The zero-order chi connectivity index (χ0) is 13.1. The third-order valence-electron chi connectivity index (χ3n) is 2.58. The lowest BCUT2D eigenvalue weighted by molar-refractivity contribution is 0.548. The largest absolute Gasteiger partial charge is 0.271 e. The van der Waals surface area contributed by atoms with E-state index in [1.165, 1.54) is 0 Å². The van der Waals surface area contributed by atoms with Gasteiger partial charge in [0.2, 0.25) is 0 Å². The molecule has 1 aromatic carbocycles. The van der Waals surface area contributed by atoms with Crippen molar-refractivity contribution in [1.29, 1.82) is 0 Å². The van der Waals surface area contributed by atoms with Crippen molar-refractivity contribution in [2.75, 3.05) is 0 Å². The van der Waals surface area contributed by atoms with E-state index in [9.17, 15) is 0 Å². The van der Waals surface area contributed by atoms with Crippen LogP contribution < -0.4 is 11.3 Å². The molecule has 1 unspecified atom stereocenters. The predicted octanol–water partition coefficient (Wildman–Crippen LogP) is 3.61. The highest BCUT2D eigenvalue weighted by Crippen LogP contribution is 2.29. The molecular weight excluding hydrogens is 334 g/mol. The zero-order valence-electron chi connectivity index (χ0n) is 9.78. The molecule has 0 spiro atoms. The van der Waals surface area contributed by atoms with Gasteiger partial charge in [0.1, 0.15) is 0 Å². The quantitative estimate of drug-likeness (QED) is 0.657. The Morgan fingerprint density at radius 1 is 1.56 bits per heavy atom. The van der Waals surface area contributed by atoms with Gasteiger partial charge in [0.05, 0.1) is 11.0 Å². The van der Waals surface area contributed by atoms with E-state index in [-0.39, 0.29) is 6.04 Å². The van der Waals surface area contributed by atoms with Crippen molar-refractivity contribution in [3.8, 4) is 0 Å². The first-order valence-corrected chi connectivity index (χ1v) is 7.47. The third-order valence-corrected chi connectivity index (χ3v) is 4.50. The summed E-state index contributed by atoms with van der Waals surface area (Å²) >= 11 is 11.1. The number of thiazole rings is 1. The minimum absolute atomic E-state index is 0.0159. The SMILES string of the molecule is Cc1csc(CC(NN)c2ccc(Cl)cc2Br)n1. The fraction of sp³-hybridized carbons (Fsp3) is 0.250. The molecule has 0 aliphatic heterocycles. The van der Waals surface area contributed by atoms with Gasteiger partial charge in [-0.25, -0.2) is 4.98 Å². The van der Waals surface area contributed by atoms with Crippen LogP contribution in [-0.2, 0) is 6.42 Å². The molecule has 0 saturated carbocycles. The van der Waals surface area contributed by atoms with Gasteiger partial charge in [0.15, 0.2) is 0 Å². The highest BCUT2D eigenvalue weighted by molar-refractivity contribution is 9.10. The van der Waals surface area contributed by atoms with Gasteiger partial charge in [-0.15, -0.1) is 11.3 Å². The van der Waals surface area contributed by atoms with Crippen LogP contribution in [0.15, 0.2) is 28.1 Å². The fourth-order valence-electron chi connectivity index (χ4n) is 1.71. The summed E-state index contributed by atoms with van der Waals surface area (Å²) in [5, 5.41) is 3.81. The molecule has 1 aromatic heterocycles. The second kappa shape index (κ2) is 6.12. The number of aryl methyl sites for hydroxylation is 1. The molecule has 0 fully saturated rings. The average molecular weight is 347 g/mol. The summed E-state index contributed by atoms with van der Waals surface area (Å²) in [5.41, 5.74) is 4.95. The molecule has 2 rings (SSSR count). The number of rotatable bonds is 4. The number of hydrazine groups is 1. The Bertz CT molecular complexity index is 544. The van der Waals surface area contributed by atoms with E-state index in [4.69, 9.17) is 17.4 Å². The highest BCUT2D eigenvalue weighted by atomic mass is 79.9. The third kappa shape index (κ3) is 3.30. The molecule has 6 heteroatoms. The Morgan fingerprint density at radius 3 is 2.89 bits per heavy atom. The molecule has 3 nitrogen and oxygen atoms in total. The Hall–Kier alpha value is -0.460. The van der Waals surface area contributed by atoms with Crippen molar-refractivity contribution >= 4 is 38.9 Å². The van der Waals surface area contributed by atoms with E-state index in [0.29, 0.717) is 5.02 Å². The summed E-state index contributed by atoms with van der Waals surface area (Å²) < 4.78 is 0.950. The van der Waals surface area contributed by atoms with Crippen molar-refractivity contribution in [2.24, 2.45) is 5.84 Å². The number of benzene rings is 1. The van der Waals surface area contributed by atoms with Crippen molar-refractivity contribution in [3.63, 3.8) is 0 Å². The number of nitrogens with one attached hydrogen (secondary N) is 1. The van der Waals surface area contributed by atoms with E-state index >= 15 is 0 Å². The minimum atomic E-state index is 0.0159. The number of nitrogens with two attached hydrogens (primary N) is 1. The molecule has 96 valence electrons. The maximum Gasteiger partial charge on any atom is 0.0947 e. The molecule has 18 heavy (non-hydrogen) atoms. The molecule has 0 amide bonds. The van der Waals surface area contributed by atoms with Crippen molar-refractivity contribution in [2.45, 2.75) is 19.4 Å². The Morgan fingerprint density at radius 2 is 2.33 bits per heavy atom. The first kappa shape index (κ1) is 14.0. The lowest BCUT2D eigenvalue weighted by Crippen LogP contribution is -2.29. The van der Waals surface area contributed by atoms with Gasteiger partial charge in [0, 0.05) is 27.0 Å². The van der Waals surface area contributed by atoms with E-state index in [1.54, 1.807) is 11.3 Å². The van der Waals surface area contributed by atoms with Crippen LogP contribution in [0.1, 0.15) is 22.3 Å². The first-order valence-electron chi connectivity index (χ1n) is 5.42. The molecule has 0 radical (unpaired) electrons. The fourth-order valence-corrected chi connectivity index (χ4v) is 3.49. The molecule has 1 atom stereocenters. The van der Waals surface area contributed by atoms with Gasteiger partial charge in [-0.3, -0.25) is 11.3 Å². The molecule has 1 heterocycles. The normalized spacial score (nSPS) is 12.7. The van der Waals surface area contributed by atoms with Crippen LogP contribution in [0, 0.1) is 6.92 Å². The number of nitrogens with zero attached hydrogens (tertiary/aromatic N) is 1. The van der Waals surface area contributed by atoms with Gasteiger partial charge in [0.25, 0.3) is 0 Å². The van der Waals surface area contributed by atoms with Gasteiger partial charge in [-0.1, -0.05) is 33.6 Å². The molecule has 0 aliphatic rings. The minimum Gasteiger partial charge on any atom is -0.271 e. The zero-order valence-corrected chi connectivity index (χ0v) is 12.9. The molecule has 0 saturated heterocycles. The molecule has 0 bridgehead atoms. The smallest absolute Gasteiger partial charge is 0.0947 e. The number of aromatic nitrogens is 1. The molecular formula is C12H13BrClN3S. The van der Waals surface area contributed by atoms with Crippen molar-refractivity contribution < 1.29 is 0 Å². The second-order valence-electron chi connectivity index (χ2n) is 3.97. The molecule has 2 aromatic rings. The number of hydrogen-bond donors (Lipinski definition) is 2. The Labute approximate surface area is 123 Å². The van der Waals surface area contributed by atoms with E-state index in [2.05, 4.69) is 26.3 Å². The lowest BCUT2D eigenvalue weighted by Gasteiger charge is -2.16. The monoisotopic (exact) mass is 345 g/mol.